The highest BCUT2D eigenvalue weighted by Gasteiger charge is 2.23. The number of hydrogen-bond acceptors (Lipinski definition) is 6. The number of carbonyl (C=O) groups excluding carboxylic acids is 1. The molecule has 1 saturated carbocycles. The average molecular weight is 551 g/mol. The summed E-state index contributed by atoms with van der Waals surface area (Å²) in [6.45, 7) is 0.309. The van der Waals surface area contributed by atoms with Gasteiger partial charge in [0.05, 0.1) is 24.9 Å². The molecule has 1 aliphatic rings. The van der Waals surface area contributed by atoms with E-state index in [1.165, 1.54) is 6.42 Å². The normalized spacial score (nSPS) is 15.9. The monoisotopic (exact) mass is 550 g/mol. The Morgan fingerprint density at radius 1 is 0.923 bits per heavy atom. The third-order valence-electron chi connectivity index (χ3n) is 7.00. The number of sulfonamides is 1. The van der Waals surface area contributed by atoms with E-state index >= 15 is 0 Å². The lowest BCUT2D eigenvalue weighted by atomic mass is 9.94. The maximum Gasteiger partial charge on any atom is 0.237 e. The highest BCUT2D eigenvalue weighted by Crippen LogP contribution is 2.26. The topological polar surface area (TPSA) is 105 Å². The first-order valence-corrected chi connectivity index (χ1v) is 15.5. The molecule has 0 spiro atoms. The molecule has 8 heteroatoms. The van der Waals surface area contributed by atoms with E-state index in [0.717, 1.165) is 59.8 Å². The quantitative estimate of drug-likeness (QED) is 0.287. The first kappa shape index (κ1) is 29.0. The van der Waals surface area contributed by atoms with Crippen molar-refractivity contribution < 1.29 is 23.1 Å². The van der Waals surface area contributed by atoms with E-state index in [4.69, 9.17) is 4.74 Å². The van der Waals surface area contributed by atoms with Crippen LogP contribution in [0.4, 0.5) is 0 Å². The molecule has 1 fully saturated rings. The molecular weight excluding hydrogens is 512 g/mol. The van der Waals surface area contributed by atoms with Gasteiger partial charge in [0.1, 0.15) is 6.23 Å². The van der Waals surface area contributed by atoms with Crippen molar-refractivity contribution in [3.05, 3.63) is 95.6 Å². The van der Waals surface area contributed by atoms with E-state index in [1.54, 1.807) is 0 Å². The molecule has 3 aromatic rings. The molecular formula is C31H38N2O5S. The third-order valence-corrected chi connectivity index (χ3v) is 7.60. The van der Waals surface area contributed by atoms with Gasteiger partial charge >= 0.3 is 0 Å². The standard InChI is InChI=1S/C31H38N2O5S/c1-39(36,37)33-30(35)20-26-18-17-25(23-11-5-2-6-12-23)19-27(26)21-31(38-28-15-9-4-10-16-28)32-22-29(34)24-13-7-3-8-14-24/h2-3,5-8,11-14,17-19,28-29,31-32,34H,4,9-10,15-16,20-22H2,1H3,(H,33,35)/t29-,31?/m1/s1. The Kier molecular flexibility index (Phi) is 10.3. The zero-order chi connectivity index (χ0) is 27.7. The van der Waals surface area contributed by atoms with Crippen molar-refractivity contribution in [2.24, 2.45) is 0 Å². The molecule has 39 heavy (non-hydrogen) atoms. The average Bonchev–Trinajstić information content (AvgIpc) is 2.93. The molecule has 0 bridgehead atoms. The van der Waals surface area contributed by atoms with E-state index < -0.39 is 28.3 Å². The van der Waals surface area contributed by atoms with Crippen molar-refractivity contribution in [3.8, 4) is 11.1 Å². The van der Waals surface area contributed by atoms with Gasteiger partial charge in [-0.25, -0.2) is 8.42 Å². The molecule has 4 rings (SSSR count). The second kappa shape index (κ2) is 13.8. The fourth-order valence-electron chi connectivity index (χ4n) is 5.05. The number of amides is 1. The van der Waals surface area contributed by atoms with Gasteiger partial charge in [0.2, 0.25) is 15.9 Å². The zero-order valence-electron chi connectivity index (χ0n) is 22.4. The number of ether oxygens (including phenoxy) is 1. The first-order valence-electron chi connectivity index (χ1n) is 13.6. The lowest BCUT2D eigenvalue weighted by Gasteiger charge is -2.29. The largest absolute Gasteiger partial charge is 0.387 e. The Bertz CT molecular complexity index is 1310. The summed E-state index contributed by atoms with van der Waals surface area (Å²) in [6.07, 6.45) is 5.85. The van der Waals surface area contributed by atoms with Crippen LogP contribution >= 0.6 is 0 Å². The van der Waals surface area contributed by atoms with E-state index in [2.05, 4.69) is 10.0 Å². The van der Waals surface area contributed by atoms with Gasteiger partial charge in [0.25, 0.3) is 0 Å². The number of nitrogens with one attached hydrogen (secondary N) is 2. The van der Waals surface area contributed by atoms with Crippen molar-refractivity contribution >= 4 is 15.9 Å². The summed E-state index contributed by atoms with van der Waals surface area (Å²) in [6, 6.07) is 25.4. The van der Waals surface area contributed by atoms with Crippen LogP contribution in [-0.4, -0.2) is 44.6 Å². The SMILES string of the molecule is CS(=O)(=O)NC(=O)Cc1ccc(-c2ccccc2)cc1CC(NC[C@@H](O)c1ccccc1)OC1CCCCC1. The summed E-state index contributed by atoms with van der Waals surface area (Å²) in [7, 11) is -3.66. The van der Waals surface area contributed by atoms with Gasteiger partial charge in [-0.15, -0.1) is 0 Å². The Hall–Kier alpha value is -3.04. The number of benzene rings is 3. The van der Waals surface area contributed by atoms with Gasteiger partial charge in [-0.2, -0.15) is 0 Å². The molecule has 3 aromatic carbocycles. The summed E-state index contributed by atoms with van der Waals surface area (Å²) in [5, 5.41) is 14.2. The van der Waals surface area contributed by atoms with Crippen LogP contribution in [0.5, 0.6) is 0 Å². The van der Waals surface area contributed by atoms with E-state index in [0.29, 0.717) is 13.0 Å². The lowest BCUT2D eigenvalue weighted by molar-refractivity contribution is -0.118. The number of carbonyl (C=O) groups is 1. The summed E-state index contributed by atoms with van der Waals surface area (Å²) < 4.78 is 31.9. The van der Waals surface area contributed by atoms with Crippen LogP contribution in [0.15, 0.2) is 78.9 Å². The van der Waals surface area contributed by atoms with Crippen LogP contribution in [0, 0.1) is 0 Å². The van der Waals surface area contributed by atoms with Gasteiger partial charge in [-0.3, -0.25) is 14.8 Å². The lowest BCUT2D eigenvalue weighted by Crippen LogP contribution is -2.40. The minimum absolute atomic E-state index is 0.0692. The molecule has 0 heterocycles. The molecule has 0 aliphatic heterocycles. The Balaban J connectivity index is 1.59. The molecule has 2 atom stereocenters. The summed E-state index contributed by atoms with van der Waals surface area (Å²) in [5.74, 6) is -0.580. The van der Waals surface area contributed by atoms with E-state index in [-0.39, 0.29) is 12.5 Å². The van der Waals surface area contributed by atoms with Crippen LogP contribution in [0.25, 0.3) is 11.1 Å². The van der Waals surface area contributed by atoms with Gasteiger partial charge < -0.3 is 9.84 Å². The van der Waals surface area contributed by atoms with Crippen LogP contribution in [0.3, 0.4) is 0 Å². The van der Waals surface area contributed by atoms with Crippen molar-refractivity contribution in [1.82, 2.24) is 10.0 Å². The van der Waals surface area contributed by atoms with E-state index in [1.807, 2.05) is 78.9 Å². The third kappa shape index (κ3) is 9.28. The Morgan fingerprint density at radius 3 is 2.26 bits per heavy atom. The van der Waals surface area contributed by atoms with Gasteiger partial charge in [-0.1, -0.05) is 98.1 Å². The van der Waals surface area contributed by atoms with Crippen LogP contribution in [0.2, 0.25) is 0 Å². The van der Waals surface area contributed by atoms with Gasteiger partial charge in [-0.05, 0) is 40.7 Å². The number of rotatable bonds is 12. The number of hydrogen-bond donors (Lipinski definition) is 3. The highest BCUT2D eigenvalue weighted by molar-refractivity contribution is 7.89. The predicted molar refractivity (Wildman–Crippen MR) is 153 cm³/mol. The first-order chi connectivity index (χ1) is 18.8. The minimum Gasteiger partial charge on any atom is -0.387 e. The fraction of sp³-hybridized carbons (Fsp3) is 0.387. The summed E-state index contributed by atoms with van der Waals surface area (Å²) >= 11 is 0. The molecule has 0 radical (unpaired) electrons. The second-order valence-corrected chi connectivity index (χ2v) is 12.0. The molecule has 1 unspecified atom stereocenters. The predicted octanol–water partition coefficient (Wildman–Crippen LogP) is 4.51. The Labute approximate surface area is 231 Å². The number of aliphatic hydroxyl groups excluding tert-OH is 1. The maximum atomic E-state index is 12.5. The van der Waals surface area contributed by atoms with E-state index in [9.17, 15) is 18.3 Å². The van der Waals surface area contributed by atoms with Crippen molar-refractivity contribution in [2.75, 3.05) is 12.8 Å². The summed E-state index contributed by atoms with van der Waals surface area (Å²) in [5.41, 5.74) is 4.49. The second-order valence-electron chi connectivity index (χ2n) is 10.2. The number of aliphatic hydroxyl groups is 1. The Morgan fingerprint density at radius 2 is 1.59 bits per heavy atom. The van der Waals surface area contributed by atoms with Crippen LogP contribution in [-0.2, 0) is 32.4 Å². The summed E-state index contributed by atoms with van der Waals surface area (Å²) in [4.78, 5) is 12.5. The van der Waals surface area contributed by atoms with Gasteiger partial charge in [0.15, 0.2) is 0 Å². The zero-order valence-corrected chi connectivity index (χ0v) is 23.2. The molecule has 1 amide bonds. The maximum absolute atomic E-state index is 12.5. The highest BCUT2D eigenvalue weighted by atomic mass is 32.2. The smallest absolute Gasteiger partial charge is 0.237 e. The van der Waals surface area contributed by atoms with Crippen molar-refractivity contribution in [1.29, 1.82) is 0 Å². The van der Waals surface area contributed by atoms with Crippen molar-refractivity contribution in [2.45, 2.75) is 63.4 Å². The molecule has 7 nitrogen and oxygen atoms in total. The minimum atomic E-state index is -3.66. The van der Waals surface area contributed by atoms with Crippen molar-refractivity contribution in [3.63, 3.8) is 0 Å². The van der Waals surface area contributed by atoms with Gasteiger partial charge in [0, 0.05) is 13.0 Å². The van der Waals surface area contributed by atoms with Crippen LogP contribution < -0.4 is 10.0 Å². The molecule has 1 aliphatic carbocycles. The molecule has 0 saturated heterocycles. The molecule has 0 aromatic heterocycles. The fourth-order valence-corrected chi connectivity index (χ4v) is 5.54. The molecule has 208 valence electrons. The molecule has 3 N–H and O–H groups in total. The van der Waals surface area contributed by atoms with Crippen LogP contribution in [0.1, 0.15) is 54.9 Å².